The molecule has 0 spiro atoms. The van der Waals surface area contributed by atoms with Crippen molar-refractivity contribution in [3.05, 3.63) is 64.9 Å². The summed E-state index contributed by atoms with van der Waals surface area (Å²) < 4.78 is 41.7. The number of carbonyl (C=O) groups is 2. The van der Waals surface area contributed by atoms with Gasteiger partial charge in [-0.1, -0.05) is 37.6 Å². The number of sulfonamides is 1. The van der Waals surface area contributed by atoms with Crippen molar-refractivity contribution in [1.82, 2.24) is 14.1 Å². The van der Waals surface area contributed by atoms with Crippen LogP contribution in [0.4, 0.5) is 4.39 Å². The fourth-order valence-electron chi connectivity index (χ4n) is 4.53. The summed E-state index contributed by atoms with van der Waals surface area (Å²) in [7, 11) is -3.96. The molecule has 1 heterocycles. The second kappa shape index (κ2) is 13.7. The Kier molecular flexibility index (Phi) is 11.0. The average molecular weight is 587 g/mol. The Balaban J connectivity index is 1.85. The summed E-state index contributed by atoms with van der Waals surface area (Å²) in [5.41, 5.74) is 0.733. The molecule has 0 aliphatic carbocycles. The van der Waals surface area contributed by atoms with Crippen molar-refractivity contribution < 1.29 is 22.4 Å². The average Bonchev–Trinajstić information content (AvgIpc) is 2.88. The molecule has 0 atom stereocenters. The van der Waals surface area contributed by atoms with Gasteiger partial charge >= 0.3 is 0 Å². The number of piperidine rings is 1. The molecule has 208 valence electrons. The van der Waals surface area contributed by atoms with Crippen LogP contribution >= 0.6 is 23.2 Å². The number of rotatable bonds is 11. The fraction of sp³-hybridized carbons (Fsp3) is 0.481. The largest absolute Gasteiger partial charge is 0.343 e. The molecule has 1 aliphatic rings. The van der Waals surface area contributed by atoms with Crippen LogP contribution in [0.5, 0.6) is 0 Å². The predicted molar refractivity (Wildman–Crippen MR) is 147 cm³/mol. The molecule has 3 rings (SSSR count). The third-order valence-electron chi connectivity index (χ3n) is 6.48. The summed E-state index contributed by atoms with van der Waals surface area (Å²) in [5.74, 6) is -0.520. The topological polar surface area (TPSA) is 78.0 Å². The highest BCUT2D eigenvalue weighted by atomic mass is 35.5. The van der Waals surface area contributed by atoms with E-state index < -0.39 is 10.0 Å². The molecule has 0 bridgehead atoms. The SMILES string of the molecule is CC(C)CN(CC(=O)N(Cc1ccc(F)cc1)C1CCN(C(=O)CCCl)CC1)S(=O)(=O)c1ccc(Cl)cc1. The quantitative estimate of drug-likeness (QED) is 0.356. The molecular weight excluding hydrogens is 552 g/mol. The minimum Gasteiger partial charge on any atom is -0.343 e. The van der Waals surface area contributed by atoms with Gasteiger partial charge in [-0.25, -0.2) is 12.8 Å². The smallest absolute Gasteiger partial charge is 0.243 e. The van der Waals surface area contributed by atoms with Gasteiger partial charge in [-0.15, -0.1) is 11.6 Å². The molecule has 1 saturated heterocycles. The Morgan fingerprint density at radius 3 is 2.21 bits per heavy atom. The van der Waals surface area contributed by atoms with E-state index in [1.807, 2.05) is 13.8 Å². The molecule has 0 aromatic heterocycles. The van der Waals surface area contributed by atoms with Gasteiger partial charge in [0.2, 0.25) is 21.8 Å². The summed E-state index contributed by atoms with van der Waals surface area (Å²) in [4.78, 5) is 29.5. The molecule has 2 aromatic carbocycles. The Morgan fingerprint density at radius 2 is 1.66 bits per heavy atom. The lowest BCUT2D eigenvalue weighted by atomic mass is 10.0. The second-order valence-corrected chi connectivity index (χ2v) is 12.6. The molecule has 11 heteroatoms. The van der Waals surface area contributed by atoms with Crippen LogP contribution in [0, 0.1) is 11.7 Å². The minimum absolute atomic E-state index is 0.0213. The van der Waals surface area contributed by atoms with Gasteiger partial charge in [0.25, 0.3) is 0 Å². The maximum Gasteiger partial charge on any atom is 0.243 e. The van der Waals surface area contributed by atoms with Crippen LogP contribution in [0.25, 0.3) is 0 Å². The monoisotopic (exact) mass is 585 g/mol. The highest BCUT2D eigenvalue weighted by Gasteiger charge is 2.33. The van der Waals surface area contributed by atoms with Gasteiger partial charge in [-0.3, -0.25) is 9.59 Å². The molecule has 2 amide bonds. The van der Waals surface area contributed by atoms with Crippen LogP contribution in [-0.2, 0) is 26.2 Å². The van der Waals surface area contributed by atoms with E-state index in [-0.39, 0.29) is 66.4 Å². The zero-order chi connectivity index (χ0) is 27.9. The first kappa shape index (κ1) is 30.3. The Morgan fingerprint density at radius 1 is 1.05 bits per heavy atom. The molecule has 0 radical (unpaired) electrons. The van der Waals surface area contributed by atoms with Crippen LogP contribution in [0.2, 0.25) is 5.02 Å². The van der Waals surface area contributed by atoms with Crippen LogP contribution in [-0.4, -0.2) is 72.4 Å². The van der Waals surface area contributed by atoms with Crippen LogP contribution in [0.3, 0.4) is 0 Å². The van der Waals surface area contributed by atoms with E-state index in [4.69, 9.17) is 23.2 Å². The lowest BCUT2D eigenvalue weighted by Gasteiger charge is -2.39. The van der Waals surface area contributed by atoms with Gasteiger partial charge in [0.1, 0.15) is 5.82 Å². The van der Waals surface area contributed by atoms with E-state index in [2.05, 4.69) is 0 Å². The van der Waals surface area contributed by atoms with Gasteiger partial charge in [0, 0.05) is 49.5 Å². The Labute approximate surface area is 234 Å². The summed E-state index contributed by atoms with van der Waals surface area (Å²) in [5, 5.41) is 0.414. The van der Waals surface area contributed by atoms with Crippen molar-refractivity contribution in [2.45, 2.75) is 50.6 Å². The third-order valence-corrected chi connectivity index (χ3v) is 8.75. The summed E-state index contributed by atoms with van der Waals surface area (Å²) >= 11 is 11.7. The van der Waals surface area contributed by atoms with Crippen LogP contribution in [0.15, 0.2) is 53.4 Å². The lowest BCUT2D eigenvalue weighted by molar-refractivity contribution is -0.137. The molecule has 1 fully saturated rings. The number of amides is 2. The third kappa shape index (κ3) is 8.15. The maximum absolute atomic E-state index is 13.8. The highest BCUT2D eigenvalue weighted by Crippen LogP contribution is 2.23. The number of alkyl halides is 1. The van der Waals surface area contributed by atoms with E-state index >= 15 is 0 Å². The van der Waals surface area contributed by atoms with Crippen molar-refractivity contribution in [1.29, 1.82) is 0 Å². The molecule has 0 saturated carbocycles. The van der Waals surface area contributed by atoms with Crippen LogP contribution < -0.4 is 0 Å². The van der Waals surface area contributed by atoms with Crippen molar-refractivity contribution in [2.75, 3.05) is 32.1 Å². The molecule has 2 aromatic rings. The van der Waals surface area contributed by atoms with Gasteiger partial charge in [-0.05, 0) is 60.7 Å². The highest BCUT2D eigenvalue weighted by molar-refractivity contribution is 7.89. The number of likely N-dealkylation sites (tertiary alicyclic amines) is 1. The predicted octanol–water partition coefficient (Wildman–Crippen LogP) is 4.77. The normalized spacial score (nSPS) is 14.8. The van der Waals surface area contributed by atoms with Gasteiger partial charge in [0.05, 0.1) is 11.4 Å². The van der Waals surface area contributed by atoms with E-state index in [0.29, 0.717) is 31.0 Å². The van der Waals surface area contributed by atoms with Crippen molar-refractivity contribution >= 4 is 45.0 Å². The van der Waals surface area contributed by atoms with Crippen molar-refractivity contribution in [3.63, 3.8) is 0 Å². The van der Waals surface area contributed by atoms with E-state index in [1.54, 1.807) is 21.9 Å². The minimum atomic E-state index is -3.96. The number of carbonyl (C=O) groups excluding carboxylic acids is 2. The van der Waals surface area contributed by atoms with Crippen molar-refractivity contribution in [2.24, 2.45) is 5.92 Å². The number of nitrogens with zero attached hydrogens (tertiary/aromatic N) is 3. The van der Waals surface area contributed by atoms with Gasteiger partial charge in [0.15, 0.2) is 0 Å². The molecule has 1 aliphatic heterocycles. The van der Waals surface area contributed by atoms with Crippen molar-refractivity contribution in [3.8, 4) is 0 Å². The molecule has 0 N–H and O–H groups in total. The molecule has 38 heavy (non-hydrogen) atoms. The molecule has 7 nitrogen and oxygen atoms in total. The number of hydrogen-bond donors (Lipinski definition) is 0. The lowest BCUT2D eigenvalue weighted by Crippen LogP contribution is -2.51. The molecular formula is C27H34Cl2FN3O4S. The van der Waals surface area contributed by atoms with Crippen LogP contribution in [0.1, 0.15) is 38.7 Å². The number of halogens is 3. The van der Waals surface area contributed by atoms with E-state index in [0.717, 1.165) is 5.56 Å². The first-order valence-corrected chi connectivity index (χ1v) is 15.0. The van der Waals surface area contributed by atoms with E-state index in [1.165, 1.54) is 40.7 Å². The Hall–Kier alpha value is -2.20. The first-order chi connectivity index (χ1) is 18.0. The second-order valence-electron chi connectivity index (χ2n) is 9.84. The summed E-state index contributed by atoms with van der Waals surface area (Å²) in [6, 6.07) is 11.6. The zero-order valence-corrected chi connectivity index (χ0v) is 24.0. The standard InChI is InChI=1S/C27H34Cl2FN3O4S/c1-20(2)17-32(38(36,37)25-9-5-22(29)6-10-25)19-27(35)33(18-21-3-7-23(30)8-4-21)24-12-15-31(16-13-24)26(34)11-14-28/h3-10,20,24H,11-19H2,1-2H3. The maximum atomic E-state index is 13.8. The number of benzene rings is 2. The molecule has 0 unspecified atom stereocenters. The summed E-state index contributed by atoms with van der Waals surface area (Å²) in [6.07, 6.45) is 1.36. The van der Waals surface area contributed by atoms with Gasteiger partial charge in [-0.2, -0.15) is 4.31 Å². The zero-order valence-electron chi connectivity index (χ0n) is 21.7. The first-order valence-electron chi connectivity index (χ1n) is 12.6. The van der Waals surface area contributed by atoms with E-state index in [9.17, 15) is 22.4 Å². The number of hydrogen-bond acceptors (Lipinski definition) is 4. The summed E-state index contributed by atoms with van der Waals surface area (Å²) in [6.45, 7) is 4.76. The fourth-order valence-corrected chi connectivity index (χ4v) is 6.37. The Bertz CT molecular complexity index is 1190. The van der Waals surface area contributed by atoms with Gasteiger partial charge < -0.3 is 9.80 Å².